The van der Waals surface area contributed by atoms with Crippen LogP contribution in [0.25, 0.3) is 0 Å². The Morgan fingerprint density at radius 2 is 2.00 bits per heavy atom. The summed E-state index contributed by atoms with van der Waals surface area (Å²) >= 11 is 0. The predicted molar refractivity (Wildman–Crippen MR) is 54.3 cm³/mol. The van der Waals surface area contributed by atoms with Gasteiger partial charge in [-0.1, -0.05) is 0 Å². The Morgan fingerprint density at radius 3 is 2.47 bits per heavy atom. The average Bonchev–Trinajstić information content (AvgIpc) is 2.19. The second-order valence-electron chi connectivity index (χ2n) is 4.57. The summed E-state index contributed by atoms with van der Waals surface area (Å²) in [5, 5.41) is 0. The van der Waals surface area contributed by atoms with Crippen LogP contribution in [0.2, 0.25) is 0 Å². The van der Waals surface area contributed by atoms with Crippen LogP contribution in [0.5, 0.6) is 0 Å². The Labute approximate surface area is 89.5 Å². The Balaban J connectivity index is 2.16. The molecule has 0 amide bonds. The molecule has 2 heterocycles. The van der Waals surface area contributed by atoms with E-state index in [9.17, 15) is 4.79 Å². The fraction of sp³-hybridized carbons (Fsp3) is 0.900. The number of esters is 1. The molecular weight excluding hydrogens is 196 g/mol. The molecule has 0 spiro atoms. The number of hydrogen-bond donors (Lipinski definition) is 1. The molecule has 2 aliphatic rings. The van der Waals surface area contributed by atoms with Gasteiger partial charge < -0.3 is 15.2 Å². The van der Waals surface area contributed by atoms with Crippen molar-refractivity contribution in [3.63, 3.8) is 0 Å². The molecule has 2 atom stereocenters. The van der Waals surface area contributed by atoms with Crippen molar-refractivity contribution in [1.82, 2.24) is 4.90 Å². The molecule has 0 aliphatic carbocycles. The number of piperidine rings is 1. The molecule has 2 aliphatic heterocycles. The van der Waals surface area contributed by atoms with Gasteiger partial charge in [-0.15, -0.1) is 0 Å². The highest BCUT2D eigenvalue weighted by Gasteiger charge is 2.48. The van der Waals surface area contributed by atoms with E-state index >= 15 is 0 Å². The molecule has 86 valence electrons. The lowest BCUT2D eigenvalue weighted by molar-refractivity contribution is -0.155. The van der Waals surface area contributed by atoms with Crippen LogP contribution in [0.4, 0.5) is 0 Å². The minimum Gasteiger partial charge on any atom is -0.468 e. The molecule has 0 aromatic carbocycles. The van der Waals surface area contributed by atoms with Crippen molar-refractivity contribution in [3.05, 3.63) is 0 Å². The number of morpholine rings is 1. The summed E-state index contributed by atoms with van der Waals surface area (Å²) in [5.41, 5.74) is 5.29. The van der Waals surface area contributed by atoms with E-state index in [2.05, 4.69) is 11.9 Å². The van der Waals surface area contributed by atoms with E-state index in [1.807, 2.05) is 0 Å². The van der Waals surface area contributed by atoms with Gasteiger partial charge in [0.1, 0.15) is 5.54 Å². The zero-order chi connectivity index (χ0) is 11.1. The second kappa shape index (κ2) is 3.73. The summed E-state index contributed by atoms with van der Waals surface area (Å²) in [6, 6.07) is 0.475. The van der Waals surface area contributed by atoms with Crippen LogP contribution in [0.3, 0.4) is 0 Å². The zero-order valence-corrected chi connectivity index (χ0v) is 9.23. The van der Waals surface area contributed by atoms with Crippen LogP contribution in [0.1, 0.15) is 12.8 Å². The molecule has 0 aromatic heterocycles. The Bertz CT molecular complexity index is 255. The van der Waals surface area contributed by atoms with E-state index in [0.717, 1.165) is 0 Å². The summed E-state index contributed by atoms with van der Waals surface area (Å²) in [4.78, 5) is 13.9. The van der Waals surface area contributed by atoms with Crippen molar-refractivity contribution in [1.29, 1.82) is 0 Å². The van der Waals surface area contributed by atoms with Gasteiger partial charge in [-0.25, -0.2) is 0 Å². The fourth-order valence-electron chi connectivity index (χ4n) is 2.57. The molecule has 0 aromatic rings. The first-order valence-electron chi connectivity index (χ1n) is 5.24. The Kier molecular flexibility index (Phi) is 2.70. The lowest BCUT2D eigenvalue weighted by Gasteiger charge is -2.49. The average molecular weight is 214 g/mol. The maximum atomic E-state index is 11.6. The highest BCUT2D eigenvalue weighted by molar-refractivity contribution is 5.80. The number of methoxy groups -OCH3 is 1. The standard InChI is InChI=1S/C10H18N2O3/c1-12-7-3-10(11,9(13)14-2)4-8(12)6-15-5-7/h7-8H,3-6,11H2,1-2H3. The third-order valence-corrected chi connectivity index (χ3v) is 3.56. The summed E-state index contributed by atoms with van der Waals surface area (Å²) in [5.74, 6) is -0.299. The van der Waals surface area contributed by atoms with Gasteiger partial charge in [0.15, 0.2) is 0 Å². The first-order valence-corrected chi connectivity index (χ1v) is 5.24. The number of hydrogen-bond acceptors (Lipinski definition) is 5. The van der Waals surface area contributed by atoms with Crippen molar-refractivity contribution < 1.29 is 14.3 Å². The SMILES string of the molecule is COC(=O)C1(N)CC2COCC(C1)N2C. The van der Waals surface area contributed by atoms with Crippen LogP contribution >= 0.6 is 0 Å². The largest absolute Gasteiger partial charge is 0.468 e. The number of nitrogens with zero attached hydrogens (tertiary/aromatic N) is 1. The summed E-state index contributed by atoms with van der Waals surface area (Å²) in [6.07, 6.45) is 1.24. The topological polar surface area (TPSA) is 64.8 Å². The van der Waals surface area contributed by atoms with E-state index in [1.54, 1.807) is 0 Å². The quantitative estimate of drug-likeness (QED) is 0.588. The fourth-order valence-corrected chi connectivity index (χ4v) is 2.57. The molecule has 2 rings (SSSR count). The number of nitrogens with two attached hydrogens (primary N) is 1. The molecule has 0 saturated carbocycles. The minimum absolute atomic E-state index is 0.238. The van der Waals surface area contributed by atoms with Crippen LogP contribution in [0.15, 0.2) is 0 Å². The van der Waals surface area contributed by atoms with Crippen molar-refractivity contribution in [2.24, 2.45) is 5.73 Å². The Morgan fingerprint density at radius 1 is 1.47 bits per heavy atom. The molecule has 2 saturated heterocycles. The number of carbonyl (C=O) groups excluding carboxylic acids is 1. The lowest BCUT2D eigenvalue weighted by Crippen LogP contribution is -2.66. The van der Waals surface area contributed by atoms with E-state index in [1.165, 1.54) is 7.11 Å². The summed E-state index contributed by atoms with van der Waals surface area (Å²) < 4.78 is 10.2. The first kappa shape index (κ1) is 10.9. The third-order valence-electron chi connectivity index (χ3n) is 3.56. The van der Waals surface area contributed by atoms with Gasteiger partial charge in [-0.3, -0.25) is 9.69 Å². The number of carbonyl (C=O) groups is 1. The molecule has 2 N–H and O–H groups in total. The molecule has 2 fully saturated rings. The van der Waals surface area contributed by atoms with Crippen LogP contribution in [-0.2, 0) is 14.3 Å². The van der Waals surface area contributed by atoms with Gasteiger partial charge in [-0.05, 0) is 19.9 Å². The first-order chi connectivity index (χ1) is 7.07. The zero-order valence-electron chi connectivity index (χ0n) is 9.23. The molecule has 2 unspecified atom stereocenters. The number of likely N-dealkylation sites (N-methyl/N-ethyl adjacent to an activating group) is 1. The Hall–Kier alpha value is -0.650. The molecule has 5 heteroatoms. The lowest BCUT2D eigenvalue weighted by atomic mass is 9.79. The van der Waals surface area contributed by atoms with Crippen molar-refractivity contribution in [3.8, 4) is 0 Å². The third kappa shape index (κ3) is 1.75. The van der Waals surface area contributed by atoms with Gasteiger partial charge in [0.2, 0.25) is 0 Å². The molecule has 0 radical (unpaired) electrons. The molecular formula is C10H18N2O3. The number of rotatable bonds is 1. The highest BCUT2D eigenvalue weighted by Crippen LogP contribution is 2.32. The van der Waals surface area contributed by atoms with Gasteiger partial charge in [0.25, 0.3) is 0 Å². The van der Waals surface area contributed by atoms with Gasteiger partial charge in [-0.2, -0.15) is 0 Å². The summed E-state index contributed by atoms with van der Waals surface area (Å²) in [7, 11) is 3.45. The summed E-state index contributed by atoms with van der Waals surface area (Å²) in [6.45, 7) is 1.31. The van der Waals surface area contributed by atoms with Crippen molar-refractivity contribution in [2.45, 2.75) is 30.5 Å². The van der Waals surface area contributed by atoms with Gasteiger partial charge in [0, 0.05) is 12.1 Å². The van der Waals surface area contributed by atoms with E-state index in [-0.39, 0.29) is 18.1 Å². The van der Waals surface area contributed by atoms with Crippen molar-refractivity contribution in [2.75, 3.05) is 27.4 Å². The maximum Gasteiger partial charge on any atom is 0.325 e. The number of ether oxygens (including phenoxy) is 2. The van der Waals surface area contributed by atoms with Crippen LogP contribution in [-0.4, -0.2) is 55.9 Å². The minimum atomic E-state index is -0.819. The normalized spacial score (nSPS) is 41.3. The number of fused-ring (bicyclic) bond motifs is 2. The second-order valence-corrected chi connectivity index (χ2v) is 4.57. The van der Waals surface area contributed by atoms with Crippen LogP contribution in [0, 0.1) is 0 Å². The monoisotopic (exact) mass is 214 g/mol. The van der Waals surface area contributed by atoms with Gasteiger partial charge in [0.05, 0.1) is 20.3 Å². The maximum absolute atomic E-state index is 11.6. The predicted octanol–water partition coefficient (Wildman–Crippen LogP) is -0.650. The van der Waals surface area contributed by atoms with E-state index in [0.29, 0.717) is 26.1 Å². The molecule has 15 heavy (non-hydrogen) atoms. The van der Waals surface area contributed by atoms with Crippen molar-refractivity contribution >= 4 is 5.97 Å². The van der Waals surface area contributed by atoms with E-state index in [4.69, 9.17) is 15.2 Å². The smallest absolute Gasteiger partial charge is 0.325 e. The highest BCUT2D eigenvalue weighted by atomic mass is 16.5. The molecule has 5 nitrogen and oxygen atoms in total. The van der Waals surface area contributed by atoms with Gasteiger partial charge >= 0.3 is 5.97 Å². The molecule has 2 bridgehead atoms. The van der Waals surface area contributed by atoms with Crippen LogP contribution < -0.4 is 5.73 Å². The van der Waals surface area contributed by atoms with E-state index < -0.39 is 5.54 Å².